The first-order valence-electron chi connectivity index (χ1n) is 15.2. The number of sulfone groups is 1. The molecule has 274 valence electrons. The minimum absolute atomic E-state index is 0.000879. The maximum atomic E-state index is 13.9. The van der Waals surface area contributed by atoms with Crippen LogP contribution in [0.3, 0.4) is 0 Å². The van der Waals surface area contributed by atoms with Crippen molar-refractivity contribution in [1.82, 2.24) is 15.5 Å². The van der Waals surface area contributed by atoms with Crippen molar-refractivity contribution in [2.45, 2.75) is 50.1 Å². The molecule has 4 rings (SSSR count). The summed E-state index contributed by atoms with van der Waals surface area (Å²) in [4.78, 5) is 75.0. The van der Waals surface area contributed by atoms with Gasteiger partial charge in [0.2, 0.25) is 5.91 Å². The third kappa shape index (κ3) is 9.28. The van der Waals surface area contributed by atoms with E-state index in [1.54, 1.807) is 12.1 Å². The van der Waals surface area contributed by atoms with Gasteiger partial charge in [-0.15, -0.1) is 0 Å². The lowest BCUT2D eigenvalue weighted by Crippen LogP contribution is -2.75. The highest BCUT2D eigenvalue weighted by Gasteiger charge is 2.60. The monoisotopic (exact) mass is 769 g/mol. The van der Waals surface area contributed by atoms with E-state index in [4.69, 9.17) is 37.4 Å². The highest BCUT2D eigenvalue weighted by atomic mass is 35.5. The van der Waals surface area contributed by atoms with Crippen LogP contribution < -0.4 is 15.4 Å². The zero-order valence-electron chi connectivity index (χ0n) is 27.1. The summed E-state index contributed by atoms with van der Waals surface area (Å²) in [5.74, 6) is -7.26. The van der Waals surface area contributed by atoms with Crippen molar-refractivity contribution < 1.29 is 61.6 Å². The number of carbonyl (C=O) groups excluding carboxylic acids is 4. The summed E-state index contributed by atoms with van der Waals surface area (Å²) >= 11 is 12.0. The molecule has 2 heterocycles. The first-order chi connectivity index (χ1) is 24.0. The number of amides is 3. The standard InChI is InChI=1S/C32H33Cl2N3O13S/c1-16(38)49-14-19-15-51(46,47)30-26(29(42)37(30)27(19)31(43)44)36-28(41)21(22-10-17(11-25(39)40)5-8-24(22)48-2)4-3-9-35-32(45)50-13-18-6-7-20(33)12-23(18)34/h5-8,10,12,21,26,30H,3-4,9,11,13-15H2,1-2H3,(H,35,45)(H,36,41)(H,39,40)(H,43,44)/t21?,26-,30-/m0/s1. The fourth-order valence-electron chi connectivity index (χ4n) is 5.67. The fraction of sp³-hybridized carbons (Fsp3) is 0.375. The molecule has 1 saturated heterocycles. The minimum Gasteiger partial charge on any atom is -0.496 e. The molecular weight excluding hydrogens is 737 g/mol. The van der Waals surface area contributed by atoms with Crippen LogP contribution in [0.15, 0.2) is 47.7 Å². The Morgan fingerprint density at radius 3 is 2.39 bits per heavy atom. The molecule has 2 aromatic rings. The Bertz CT molecular complexity index is 1900. The summed E-state index contributed by atoms with van der Waals surface area (Å²) in [5, 5.41) is 23.1. The lowest BCUT2D eigenvalue weighted by atomic mass is 9.89. The highest BCUT2D eigenvalue weighted by Crippen LogP contribution is 2.38. The van der Waals surface area contributed by atoms with E-state index >= 15 is 0 Å². The lowest BCUT2D eigenvalue weighted by molar-refractivity contribution is -0.151. The van der Waals surface area contributed by atoms with E-state index < -0.39 is 87.5 Å². The van der Waals surface area contributed by atoms with Gasteiger partial charge in [-0.05, 0) is 36.6 Å². The van der Waals surface area contributed by atoms with Gasteiger partial charge < -0.3 is 35.1 Å². The second-order valence-electron chi connectivity index (χ2n) is 11.5. The number of methoxy groups -OCH3 is 1. The number of carboxylic acids is 2. The molecule has 51 heavy (non-hydrogen) atoms. The molecule has 0 radical (unpaired) electrons. The first kappa shape index (κ1) is 38.9. The molecule has 3 atom stereocenters. The largest absolute Gasteiger partial charge is 0.496 e. The zero-order valence-corrected chi connectivity index (χ0v) is 29.5. The number of aliphatic carboxylic acids is 2. The second kappa shape index (κ2) is 16.4. The molecule has 16 nitrogen and oxygen atoms in total. The first-order valence-corrected chi connectivity index (χ1v) is 17.7. The summed E-state index contributed by atoms with van der Waals surface area (Å²) < 4.78 is 42.0. The summed E-state index contributed by atoms with van der Waals surface area (Å²) in [6.07, 6.45) is -1.07. The average molecular weight is 771 g/mol. The molecule has 0 aromatic heterocycles. The van der Waals surface area contributed by atoms with Gasteiger partial charge in [0.1, 0.15) is 30.7 Å². The molecule has 1 unspecified atom stereocenters. The Morgan fingerprint density at radius 2 is 1.76 bits per heavy atom. The van der Waals surface area contributed by atoms with Crippen molar-refractivity contribution in [1.29, 1.82) is 0 Å². The summed E-state index contributed by atoms with van der Waals surface area (Å²) in [5.41, 5.74) is 0.0706. The van der Waals surface area contributed by atoms with Crippen molar-refractivity contribution in [3.8, 4) is 5.75 Å². The number of fused-ring (bicyclic) bond motifs is 1. The molecule has 2 aromatic carbocycles. The number of nitrogens with zero attached hydrogens (tertiary/aromatic N) is 1. The number of nitrogens with one attached hydrogen (secondary N) is 2. The molecular formula is C32H33Cl2N3O13S. The highest BCUT2D eigenvalue weighted by molar-refractivity contribution is 7.92. The Kier molecular flexibility index (Phi) is 12.5. The lowest BCUT2D eigenvalue weighted by Gasteiger charge is -2.49. The minimum atomic E-state index is -4.29. The van der Waals surface area contributed by atoms with E-state index in [1.807, 2.05) is 0 Å². The van der Waals surface area contributed by atoms with Crippen LogP contribution in [-0.4, -0.2) is 96.8 Å². The average Bonchev–Trinajstić information content (AvgIpc) is 3.04. The molecule has 4 N–H and O–H groups in total. The molecule has 2 aliphatic heterocycles. The van der Waals surface area contributed by atoms with Gasteiger partial charge in [0.15, 0.2) is 15.2 Å². The van der Waals surface area contributed by atoms with Crippen molar-refractivity contribution in [3.05, 3.63) is 74.4 Å². The summed E-state index contributed by atoms with van der Waals surface area (Å²) in [6.45, 7) is 0.222. The maximum Gasteiger partial charge on any atom is 0.407 e. The number of ether oxygens (including phenoxy) is 3. The number of hydrogen-bond donors (Lipinski definition) is 4. The number of carboxylic acid groups (broad SMARTS) is 2. The van der Waals surface area contributed by atoms with Crippen LogP contribution in [0.5, 0.6) is 5.75 Å². The number of esters is 1. The van der Waals surface area contributed by atoms with E-state index in [0.717, 1.165) is 6.92 Å². The van der Waals surface area contributed by atoms with Gasteiger partial charge >= 0.3 is 24.0 Å². The number of β-lactam (4-membered cyclic amide) rings is 1. The number of benzene rings is 2. The second-order valence-corrected chi connectivity index (χ2v) is 14.5. The Morgan fingerprint density at radius 1 is 1.04 bits per heavy atom. The third-order valence-electron chi connectivity index (χ3n) is 7.97. The van der Waals surface area contributed by atoms with Crippen LogP contribution in [-0.2, 0) is 56.3 Å². The fourth-order valence-corrected chi connectivity index (χ4v) is 8.14. The normalized spacial score (nSPS) is 18.1. The Labute approximate surface area is 301 Å². The predicted molar refractivity (Wildman–Crippen MR) is 179 cm³/mol. The van der Waals surface area contributed by atoms with Crippen molar-refractivity contribution >= 4 is 68.9 Å². The maximum absolute atomic E-state index is 13.9. The van der Waals surface area contributed by atoms with Gasteiger partial charge in [0.25, 0.3) is 5.91 Å². The summed E-state index contributed by atoms with van der Waals surface area (Å²) in [7, 11) is -2.96. The molecule has 0 spiro atoms. The van der Waals surface area contributed by atoms with Gasteiger partial charge in [-0.3, -0.25) is 24.1 Å². The Hall–Kier alpha value is -4.87. The van der Waals surface area contributed by atoms with Crippen molar-refractivity contribution in [3.63, 3.8) is 0 Å². The number of alkyl carbamates (subject to hydrolysis) is 1. The van der Waals surface area contributed by atoms with Crippen molar-refractivity contribution in [2.24, 2.45) is 0 Å². The van der Waals surface area contributed by atoms with Gasteiger partial charge in [0.05, 0.1) is 25.2 Å². The van der Waals surface area contributed by atoms with E-state index in [2.05, 4.69) is 10.6 Å². The summed E-state index contributed by atoms with van der Waals surface area (Å²) in [6, 6.07) is 7.39. The molecule has 3 amide bonds. The van der Waals surface area contributed by atoms with Crippen LogP contribution in [0.2, 0.25) is 10.0 Å². The van der Waals surface area contributed by atoms with Crippen LogP contribution in [0.4, 0.5) is 4.79 Å². The van der Waals surface area contributed by atoms with E-state index in [1.165, 1.54) is 31.4 Å². The topological polar surface area (TPSA) is 232 Å². The van der Waals surface area contributed by atoms with E-state index in [0.29, 0.717) is 26.1 Å². The molecule has 2 aliphatic rings. The van der Waals surface area contributed by atoms with Gasteiger partial charge in [-0.1, -0.05) is 41.4 Å². The number of halogens is 2. The molecule has 1 fully saturated rings. The quantitative estimate of drug-likeness (QED) is 0.116. The van der Waals surface area contributed by atoms with Crippen LogP contribution in [0.1, 0.15) is 42.4 Å². The molecule has 0 aliphatic carbocycles. The predicted octanol–water partition coefficient (Wildman–Crippen LogP) is 2.40. The SMILES string of the molecule is COc1ccc(CC(=O)O)cc1C(CCCNC(=O)OCc1ccc(Cl)cc1Cl)C(=O)N[C@H]1C(=O)N2C(C(=O)O)=C(COC(C)=O)CS(=O)(=O)[C@@H]12. The van der Waals surface area contributed by atoms with Gasteiger partial charge in [0, 0.05) is 40.2 Å². The van der Waals surface area contributed by atoms with Crippen LogP contribution in [0.25, 0.3) is 0 Å². The zero-order chi connectivity index (χ0) is 37.6. The van der Waals surface area contributed by atoms with Gasteiger partial charge in [-0.25, -0.2) is 18.0 Å². The number of rotatable bonds is 15. The number of hydrogen-bond acceptors (Lipinski definition) is 11. The molecule has 19 heteroatoms. The molecule has 0 saturated carbocycles. The smallest absolute Gasteiger partial charge is 0.407 e. The van der Waals surface area contributed by atoms with E-state index in [-0.39, 0.29) is 42.9 Å². The molecule has 0 bridgehead atoms. The van der Waals surface area contributed by atoms with Crippen molar-refractivity contribution in [2.75, 3.05) is 26.0 Å². The Balaban J connectivity index is 1.53. The van der Waals surface area contributed by atoms with Crippen LogP contribution >= 0.6 is 23.2 Å². The number of carbonyl (C=O) groups is 6. The van der Waals surface area contributed by atoms with Crippen LogP contribution in [0, 0.1) is 0 Å². The van der Waals surface area contributed by atoms with E-state index in [9.17, 15) is 47.4 Å². The third-order valence-corrected chi connectivity index (χ3v) is 10.5. The van der Waals surface area contributed by atoms with Gasteiger partial charge in [-0.2, -0.15) is 0 Å².